The fourth-order valence-electron chi connectivity index (χ4n) is 1.72. The first-order valence-electron chi connectivity index (χ1n) is 5.03. The summed E-state index contributed by atoms with van der Waals surface area (Å²) in [7, 11) is 0. The van der Waals surface area contributed by atoms with Gasteiger partial charge in [0.15, 0.2) is 0 Å². The smallest absolute Gasteiger partial charge is 0.0395 e. The van der Waals surface area contributed by atoms with Crippen LogP contribution < -0.4 is 5.73 Å². The predicted molar refractivity (Wildman–Crippen MR) is 66.7 cm³/mol. The van der Waals surface area contributed by atoms with E-state index in [4.69, 9.17) is 5.73 Å². The van der Waals surface area contributed by atoms with Crippen LogP contribution in [0.3, 0.4) is 0 Å². The minimum atomic E-state index is 0.461. The van der Waals surface area contributed by atoms with Crippen LogP contribution in [0.5, 0.6) is 0 Å². The highest BCUT2D eigenvalue weighted by molar-refractivity contribution is 9.10. The quantitative estimate of drug-likeness (QED) is 0.785. The van der Waals surface area contributed by atoms with Crippen LogP contribution in [0, 0.1) is 0 Å². The summed E-state index contributed by atoms with van der Waals surface area (Å²) in [5.74, 6) is 0.948. The predicted octanol–water partition coefficient (Wildman–Crippen LogP) is 4.28. The molecule has 0 aliphatic carbocycles. The number of rotatable bonds is 2. The van der Waals surface area contributed by atoms with E-state index in [2.05, 4.69) is 55.8 Å². The van der Waals surface area contributed by atoms with Crippen LogP contribution in [-0.2, 0) is 0 Å². The second-order valence-corrected chi connectivity index (χ2v) is 5.13. The van der Waals surface area contributed by atoms with Gasteiger partial charge in [-0.2, -0.15) is 0 Å². The molecule has 0 unspecified atom stereocenters. The Morgan fingerprint density at radius 2 is 1.64 bits per heavy atom. The molecule has 0 atom stereocenters. The van der Waals surface area contributed by atoms with Gasteiger partial charge < -0.3 is 5.73 Å². The van der Waals surface area contributed by atoms with Crippen molar-refractivity contribution in [3.63, 3.8) is 0 Å². The van der Waals surface area contributed by atoms with Crippen LogP contribution in [0.1, 0.15) is 50.7 Å². The number of nitrogens with two attached hydrogens (primary N) is 1. The average molecular weight is 256 g/mol. The van der Waals surface area contributed by atoms with Gasteiger partial charge in [-0.05, 0) is 29.0 Å². The summed E-state index contributed by atoms with van der Waals surface area (Å²) < 4.78 is 1.12. The lowest BCUT2D eigenvalue weighted by Crippen LogP contribution is -2.03. The van der Waals surface area contributed by atoms with E-state index in [-0.39, 0.29) is 0 Å². The molecule has 0 bridgehead atoms. The van der Waals surface area contributed by atoms with E-state index in [0.717, 1.165) is 10.2 Å². The van der Waals surface area contributed by atoms with Gasteiger partial charge >= 0.3 is 0 Å². The fraction of sp³-hybridized carbons (Fsp3) is 0.500. The third kappa shape index (κ3) is 2.11. The van der Waals surface area contributed by atoms with Crippen molar-refractivity contribution in [3.05, 3.63) is 27.7 Å². The van der Waals surface area contributed by atoms with E-state index in [9.17, 15) is 0 Å². The van der Waals surface area contributed by atoms with E-state index in [1.54, 1.807) is 0 Å². The van der Waals surface area contributed by atoms with Gasteiger partial charge in [0, 0.05) is 10.2 Å². The Kier molecular flexibility index (Phi) is 3.59. The molecule has 0 fully saturated rings. The number of halogens is 1. The Morgan fingerprint density at radius 3 is 2.07 bits per heavy atom. The first-order valence-corrected chi connectivity index (χ1v) is 5.82. The van der Waals surface area contributed by atoms with Crippen LogP contribution in [0.15, 0.2) is 16.6 Å². The minimum Gasteiger partial charge on any atom is -0.398 e. The zero-order valence-corrected chi connectivity index (χ0v) is 10.9. The number of hydrogen-bond donors (Lipinski definition) is 1. The lowest BCUT2D eigenvalue weighted by Gasteiger charge is -2.17. The summed E-state index contributed by atoms with van der Waals surface area (Å²) in [5.41, 5.74) is 9.58. The normalized spacial score (nSPS) is 11.4. The standard InChI is InChI=1S/C12H18BrN/c1-7(2)9-5-6-10(13)11(8(3)4)12(9)14/h5-8H,14H2,1-4H3. The molecule has 0 aliphatic rings. The van der Waals surface area contributed by atoms with Gasteiger partial charge in [0.1, 0.15) is 0 Å². The molecule has 1 rings (SSSR count). The summed E-state index contributed by atoms with van der Waals surface area (Å²) >= 11 is 3.55. The van der Waals surface area contributed by atoms with E-state index in [1.165, 1.54) is 11.1 Å². The van der Waals surface area contributed by atoms with Gasteiger partial charge in [-0.3, -0.25) is 0 Å². The summed E-state index contributed by atoms with van der Waals surface area (Å²) in [6.07, 6.45) is 0. The van der Waals surface area contributed by atoms with Crippen LogP contribution >= 0.6 is 15.9 Å². The van der Waals surface area contributed by atoms with Crippen molar-refractivity contribution < 1.29 is 0 Å². The number of benzene rings is 1. The van der Waals surface area contributed by atoms with E-state index in [0.29, 0.717) is 11.8 Å². The maximum absolute atomic E-state index is 6.16. The highest BCUT2D eigenvalue weighted by Crippen LogP contribution is 2.35. The second kappa shape index (κ2) is 4.35. The molecular weight excluding hydrogens is 238 g/mol. The number of anilines is 1. The molecular formula is C12H18BrN. The molecule has 0 spiro atoms. The lowest BCUT2D eigenvalue weighted by atomic mass is 9.93. The van der Waals surface area contributed by atoms with Crippen molar-refractivity contribution in [3.8, 4) is 0 Å². The Balaban J connectivity index is 3.34. The molecule has 1 nitrogen and oxygen atoms in total. The maximum atomic E-state index is 6.16. The third-order valence-corrected chi connectivity index (χ3v) is 3.16. The molecule has 78 valence electrons. The van der Waals surface area contributed by atoms with Gasteiger partial charge in [0.05, 0.1) is 0 Å². The lowest BCUT2D eigenvalue weighted by molar-refractivity contribution is 0.836. The highest BCUT2D eigenvalue weighted by Gasteiger charge is 2.13. The summed E-state index contributed by atoms with van der Waals surface area (Å²) in [6.45, 7) is 8.68. The molecule has 0 heterocycles. The molecule has 1 aromatic rings. The molecule has 0 saturated carbocycles. The highest BCUT2D eigenvalue weighted by atomic mass is 79.9. The zero-order valence-electron chi connectivity index (χ0n) is 9.26. The van der Waals surface area contributed by atoms with Crippen molar-refractivity contribution in [2.45, 2.75) is 39.5 Å². The molecule has 0 amide bonds. The van der Waals surface area contributed by atoms with Crippen molar-refractivity contribution >= 4 is 21.6 Å². The van der Waals surface area contributed by atoms with Crippen molar-refractivity contribution in [2.24, 2.45) is 0 Å². The third-order valence-electron chi connectivity index (χ3n) is 2.47. The Morgan fingerprint density at radius 1 is 1.07 bits per heavy atom. The Hall–Kier alpha value is -0.500. The molecule has 0 aromatic heterocycles. The summed E-state index contributed by atoms with van der Waals surface area (Å²) in [6, 6.07) is 4.21. The first kappa shape index (κ1) is 11.6. The van der Waals surface area contributed by atoms with Crippen LogP contribution in [0.2, 0.25) is 0 Å². The molecule has 1 aromatic carbocycles. The summed E-state index contributed by atoms with van der Waals surface area (Å²) in [5, 5.41) is 0. The monoisotopic (exact) mass is 255 g/mol. The number of nitrogen functional groups attached to an aromatic ring is 1. The van der Waals surface area contributed by atoms with Crippen LogP contribution in [0.4, 0.5) is 5.69 Å². The van der Waals surface area contributed by atoms with E-state index >= 15 is 0 Å². The molecule has 14 heavy (non-hydrogen) atoms. The molecule has 2 heteroatoms. The van der Waals surface area contributed by atoms with E-state index < -0.39 is 0 Å². The Labute approximate surface area is 94.8 Å². The second-order valence-electron chi connectivity index (χ2n) is 4.27. The summed E-state index contributed by atoms with van der Waals surface area (Å²) in [4.78, 5) is 0. The molecule has 0 radical (unpaired) electrons. The molecule has 0 saturated heterocycles. The maximum Gasteiger partial charge on any atom is 0.0395 e. The molecule has 2 N–H and O–H groups in total. The van der Waals surface area contributed by atoms with Gasteiger partial charge in [0.2, 0.25) is 0 Å². The van der Waals surface area contributed by atoms with E-state index in [1.807, 2.05) is 0 Å². The van der Waals surface area contributed by atoms with Gasteiger partial charge in [-0.15, -0.1) is 0 Å². The topological polar surface area (TPSA) is 26.0 Å². The van der Waals surface area contributed by atoms with Crippen LogP contribution in [-0.4, -0.2) is 0 Å². The fourth-order valence-corrected chi connectivity index (χ4v) is 2.52. The molecule has 0 aliphatic heterocycles. The Bertz CT molecular complexity index is 329. The van der Waals surface area contributed by atoms with Crippen molar-refractivity contribution in [1.82, 2.24) is 0 Å². The average Bonchev–Trinajstić information content (AvgIpc) is 2.02. The van der Waals surface area contributed by atoms with Crippen molar-refractivity contribution in [1.29, 1.82) is 0 Å². The van der Waals surface area contributed by atoms with Gasteiger partial charge in [-0.25, -0.2) is 0 Å². The van der Waals surface area contributed by atoms with Crippen molar-refractivity contribution in [2.75, 3.05) is 5.73 Å². The SMILES string of the molecule is CC(C)c1ccc(Br)c(C(C)C)c1N. The first-order chi connectivity index (χ1) is 6.45. The largest absolute Gasteiger partial charge is 0.398 e. The van der Waals surface area contributed by atoms with Gasteiger partial charge in [-0.1, -0.05) is 49.7 Å². The number of hydrogen-bond acceptors (Lipinski definition) is 1. The van der Waals surface area contributed by atoms with Gasteiger partial charge in [0.25, 0.3) is 0 Å². The minimum absolute atomic E-state index is 0.461. The van der Waals surface area contributed by atoms with Crippen LogP contribution in [0.25, 0.3) is 0 Å². The zero-order chi connectivity index (χ0) is 10.9.